The van der Waals surface area contributed by atoms with Gasteiger partial charge in [0.2, 0.25) is 5.91 Å². The number of carbonyl (C=O) groups excluding carboxylic acids is 1. The van der Waals surface area contributed by atoms with Crippen LogP contribution in [-0.4, -0.2) is 25.0 Å². The third-order valence-electron chi connectivity index (χ3n) is 2.89. The molecule has 0 fully saturated rings. The largest absolute Gasteiger partial charge is 0.363 e. The average Bonchev–Trinajstić information content (AvgIpc) is 2.43. The van der Waals surface area contributed by atoms with Crippen molar-refractivity contribution in [1.29, 1.82) is 0 Å². The first-order valence-corrected chi connectivity index (χ1v) is 6.71. The van der Waals surface area contributed by atoms with Crippen molar-refractivity contribution in [3.63, 3.8) is 0 Å². The lowest BCUT2D eigenvalue weighted by Crippen LogP contribution is -2.16. The van der Waals surface area contributed by atoms with Gasteiger partial charge in [0.25, 0.3) is 0 Å². The minimum Gasteiger partial charge on any atom is -0.363 e. The highest BCUT2D eigenvalue weighted by Gasteiger charge is 2.12. The Balaban J connectivity index is 2.05. The zero-order valence-corrected chi connectivity index (χ0v) is 12.5. The standard InChI is InChI=1S/C15H15ClFN3O/c1-20(2)14-7-6-10(9-18-14)19-15(21)8-11-12(16)4-3-5-13(11)17/h3-7,9H,8H2,1-2H3,(H,19,21). The Morgan fingerprint density at radius 3 is 2.67 bits per heavy atom. The molecular formula is C15H15ClFN3O. The van der Waals surface area contributed by atoms with Gasteiger partial charge in [0, 0.05) is 24.7 Å². The van der Waals surface area contributed by atoms with Gasteiger partial charge in [0.15, 0.2) is 0 Å². The molecule has 1 aromatic heterocycles. The van der Waals surface area contributed by atoms with Gasteiger partial charge in [-0.2, -0.15) is 0 Å². The molecule has 0 atom stereocenters. The third-order valence-corrected chi connectivity index (χ3v) is 3.24. The van der Waals surface area contributed by atoms with Crippen LogP contribution in [0.3, 0.4) is 0 Å². The summed E-state index contributed by atoms with van der Waals surface area (Å²) in [6.07, 6.45) is 1.43. The van der Waals surface area contributed by atoms with Crippen molar-refractivity contribution < 1.29 is 9.18 Å². The van der Waals surface area contributed by atoms with E-state index in [9.17, 15) is 9.18 Å². The van der Waals surface area contributed by atoms with Gasteiger partial charge in [0.05, 0.1) is 18.3 Å². The van der Waals surface area contributed by atoms with E-state index in [1.165, 1.54) is 12.1 Å². The van der Waals surface area contributed by atoms with E-state index in [4.69, 9.17) is 11.6 Å². The monoisotopic (exact) mass is 307 g/mol. The van der Waals surface area contributed by atoms with E-state index < -0.39 is 5.82 Å². The maximum atomic E-state index is 13.6. The highest BCUT2D eigenvalue weighted by molar-refractivity contribution is 6.31. The number of hydrogen-bond acceptors (Lipinski definition) is 3. The summed E-state index contributed by atoms with van der Waals surface area (Å²) in [6, 6.07) is 7.86. The number of nitrogens with one attached hydrogen (secondary N) is 1. The smallest absolute Gasteiger partial charge is 0.229 e. The van der Waals surface area contributed by atoms with Gasteiger partial charge in [-0.1, -0.05) is 17.7 Å². The van der Waals surface area contributed by atoms with Crippen molar-refractivity contribution in [3.8, 4) is 0 Å². The highest BCUT2D eigenvalue weighted by Crippen LogP contribution is 2.20. The van der Waals surface area contributed by atoms with E-state index in [1.807, 2.05) is 19.0 Å². The first-order chi connectivity index (χ1) is 9.97. The molecule has 1 amide bonds. The Kier molecular flexibility index (Phi) is 4.75. The number of nitrogens with zero attached hydrogens (tertiary/aromatic N) is 2. The van der Waals surface area contributed by atoms with Crippen molar-refractivity contribution in [2.45, 2.75) is 6.42 Å². The topological polar surface area (TPSA) is 45.2 Å². The fraction of sp³-hybridized carbons (Fsp3) is 0.200. The number of benzene rings is 1. The van der Waals surface area contributed by atoms with Crippen LogP contribution in [0.2, 0.25) is 5.02 Å². The van der Waals surface area contributed by atoms with Crippen molar-refractivity contribution in [3.05, 3.63) is 52.9 Å². The van der Waals surface area contributed by atoms with Crippen molar-refractivity contribution in [2.75, 3.05) is 24.3 Å². The van der Waals surface area contributed by atoms with Crippen LogP contribution in [0.1, 0.15) is 5.56 Å². The van der Waals surface area contributed by atoms with E-state index in [1.54, 1.807) is 24.4 Å². The second-order valence-electron chi connectivity index (χ2n) is 4.72. The van der Waals surface area contributed by atoms with Crippen LogP contribution in [-0.2, 0) is 11.2 Å². The number of carbonyl (C=O) groups is 1. The predicted molar refractivity (Wildman–Crippen MR) is 82.3 cm³/mol. The van der Waals surface area contributed by atoms with E-state index in [2.05, 4.69) is 10.3 Å². The number of hydrogen-bond donors (Lipinski definition) is 1. The minimum absolute atomic E-state index is 0.124. The molecule has 21 heavy (non-hydrogen) atoms. The summed E-state index contributed by atoms with van der Waals surface area (Å²) in [4.78, 5) is 18.0. The zero-order valence-electron chi connectivity index (χ0n) is 11.7. The molecular weight excluding hydrogens is 293 g/mol. The first kappa shape index (κ1) is 15.3. The number of aromatic nitrogens is 1. The molecule has 0 saturated carbocycles. The lowest BCUT2D eigenvalue weighted by atomic mass is 10.1. The molecule has 0 bridgehead atoms. The normalized spacial score (nSPS) is 10.3. The van der Waals surface area contributed by atoms with Crippen LogP contribution in [0.4, 0.5) is 15.9 Å². The van der Waals surface area contributed by atoms with Crippen molar-refractivity contribution in [1.82, 2.24) is 4.98 Å². The van der Waals surface area contributed by atoms with Gasteiger partial charge < -0.3 is 10.2 Å². The molecule has 2 aromatic rings. The molecule has 0 radical (unpaired) electrons. The fourth-order valence-electron chi connectivity index (χ4n) is 1.79. The van der Waals surface area contributed by atoms with Crippen LogP contribution in [0, 0.1) is 5.82 Å². The molecule has 0 aliphatic heterocycles. The molecule has 1 N–H and O–H groups in total. The number of rotatable bonds is 4. The fourth-order valence-corrected chi connectivity index (χ4v) is 2.02. The SMILES string of the molecule is CN(C)c1ccc(NC(=O)Cc2c(F)cccc2Cl)cn1. The Morgan fingerprint density at radius 2 is 2.10 bits per heavy atom. The number of pyridine rings is 1. The number of anilines is 2. The summed E-state index contributed by atoms with van der Waals surface area (Å²) in [6.45, 7) is 0. The summed E-state index contributed by atoms with van der Waals surface area (Å²) >= 11 is 5.89. The van der Waals surface area contributed by atoms with E-state index in [-0.39, 0.29) is 22.9 Å². The Hall–Kier alpha value is -2.14. The summed E-state index contributed by atoms with van der Waals surface area (Å²) in [5.41, 5.74) is 0.743. The lowest BCUT2D eigenvalue weighted by molar-refractivity contribution is -0.115. The predicted octanol–water partition coefficient (Wildman–Crippen LogP) is 3.12. The van der Waals surface area contributed by atoms with Crippen LogP contribution < -0.4 is 10.2 Å². The van der Waals surface area contributed by atoms with E-state index in [0.29, 0.717) is 5.69 Å². The first-order valence-electron chi connectivity index (χ1n) is 6.33. The number of amides is 1. The van der Waals surface area contributed by atoms with E-state index in [0.717, 1.165) is 5.82 Å². The molecule has 2 rings (SSSR count). The van der Waals surface area contributed by atoms with Crippen LogP contribution in [0.25, 0.3) is 0 Å². The Morgan fingerprint density at radius 1 is 1.33 bits per heavy atom. The molecule has 0 spiro atoms. The quantitative estimate of drug-likeness (QED) is 0.944. The number of halogens is 2. The van der Waals surface area contributed by atoms with E-state index >= 15 is 0 Å². The van der Waals surface area contributed by atoms with Crippen LogP contribution in [0.5, 0.6) is 0 Å². The molecule has 4 nitrogen and oxygen atoms in total. The molecule has 6 heteroatoms. The molecule has 0 aliphatic rings. The molecule has 0 unspecified atom stereocenters. The second-order valence-corrected chi connectivity index (χ2v) is 5.13. The van der Waals surface area contributed by atoms with Gasteiger partial charge >= 0.3 is 0 Å². The molecule has 1 heterocycles. The molecule has 110 valence electrons. The van der Waals surface area contributed by atoms with Crippen molar-refractivity contribution in [2.24, 2.45) is 0 Å². The van der Waals surface area contributed by atoms with Crippen LogP contribution >= 0.6 is 11.6 Å². The van der Waals surface area contributed by atoms with Crippen LogP contribution in [0.15, 0.2) is 36.5 Å². The summed E-state index contributed by atoms with van der Waals surface area (Å²) in [5.74, 6) is -0.0507. The molecule has 1 aromatic carbocycles. The van der Waals surface area contributed by atoms with Gasteiger partial charge in [-0.3, -0.25) is 4.79 Å². The maximum Gasteiger partial charge on any atom is 0.229 e. The Bertz CT molecular complexity index is 624. The Labute approximate surface area is 127 Å². The molecule has 0 saturated heterocycles. The maximum absolute atomic E-state index is 13.6. The summed E-state index contributed by atoms with van der Waals surface area (Å²) < 4.78 is 13.6. The minimum atomic E-state index is -0.487. The summed E-state index contributed by atoms with van der Waals surface area (Å²) in [5, 5.41) is 2.91. The van der Waals surface area contributed by atoms with Gasteiger partial charge in [-0.05, 0) is 24.3 Å². The molecule has 0 aliphatic carbocycles. The summed E-state index contributed by atoms with van der Waals surface area (Å²) in [7, 11) is 3.75. The second kappa shape index (κ2) is 6.54. The highest BCUT2D eigenvalue weighted by atomic mass is 35.5. The van der Waals surface area contributed by atoms with Crippen molar-refractivity contribution >= 4 is 29.0 Å². The zero-order chi connectivity index (χ0) is 15.4. The third kappa shape index (κ3) is 3.92. The van der Waals surface area contributed by atoms with Gasteiger partial charge in [-0.15, -0.1) is 0 Å². The average molecular weight is 308 g/mol. The van der Waals surface area contributed by atoms with Gasteiger partial charge in [0.1, 0.15) is 11.6 Å². The van der Waals surface area contributed by atoms with Gasteiger partial charge in [-0.25, -0.2) is 9.37 Å². The lowest BCUT2D eigenvalue weighted by Gasteiger charge is -2.12.